The largest absolute Gasteiger partial charge is 0.450 e. The summed E-state index contributed by atoms with van der Waals surface area (Å²) in [6, 6.07) is 6.81. The van der Waals surface area contributed by atoms with E-state index in [9.17, 15) is 22.9 Å². The summed E-state index contributed by atoms with van der Waals surface area (Å²) in [5.74, 6) is -0.776. The number of halogens is 2. The minimum Gasteiger partial charge on any atom is -0.450 e. The molecule has 1 aliphatic heterocycles. The van der Waals surface area contributed by atoms with Crippen LogP contribution < -0.4 is 4.74 Å². The predicted octanol–water partition coefficient (Wildman–Crippen LogP) is 3.20. The molecule has 0 unspecified atom stereocenters. The van der Waals surface area contributed by atoms with Crippen molar-refractivity contribution < 1.29 is 27.2 Å². The molecule has 0 radical (unpaired) electrons. The van der Waals surface area contributed by atoms with E-state index in [0.717, 1.165) is 12.1 Å². The second-order valence-electron chi connectivity index (χ2n) is 5.58. The number of nitrogens with zero attached hydrogens (tertiary/aromatic N) is 2. The Hall–Kier alpha value is -2.27. The summed E-state index contributed by atoms with van der Waals surface area (Å²) in [6.45, 7) is 0.854. The van der Waals surface area contributed by atoms with E-state index in [1.807, 2.05) is 0 Å². The SMILES string of the molecule is O=[N+]([O-])c1cc(S(=O)(=O)N2CCOCC2)ccc1Oc1ccc(F)c(Cl)c1. The number of rotatable bonds is 5. The van der Waals surface area contributed by atoms with Gasteiger partial charge in [0.25, 0.3) is 0 Å². The van der Waals surface area contributed by atoms with E-state index in [1.165, 1.54) is 28.6 Å². The van der Waals surface area contributed by atoms with Crippen LogP contribution in [-0.2, 0) is 14.8 Å². The fraction of sp³-hybridized carbons (Fsp3) is 0.250. The van der Waals surface area contributed by atoms with E-state index in [1.54, 1.807) is 0 Å². The van der Waals surface area contributed by atoms with Gasteiger partial charge >= 0.3 is 5.69 Å². The molecule has 1 heterocycles. The third kappa shape index (κ3) is 4.19. The molecule has 3 rings (SSSR count). The van der Waals surface area contributed by atoms with E-state index < -0.39 is 26.5 Å². The minimum absolute atomic E-state index is 0.0771. The van der Waals surface area contributed by atoms with Crippen molar-refractivity contribution in [2.45, 2.75) is 4.90 Å². The summed E-state index contributed by atoms with van der Waals surface area (Å²) in [4.78, 5) is 10.4. The molecule has 0 bridgehead atoms. The highest BCUT2D eigenvalue weighted by atomic mass is 35.5. The van der Waals surface area contributed by atoms with Crippen molar-refractivity contribution in [3.05, 3.63) is 57.4 Å². The van der Waals surface area contributed by atoms with Crippen LogP contribution >= 0.6 is 11.6 Å². The molecule has 11 heteroatoms. The molecule has 0 saturated carbocycles. The number of morpholine rings is 1. The second kappa shape index (κ2) is 7.77. The van der Waals surface area contributed by atoms with Crippen LogP contribution in [0.15, 0.2) is 41.3 Å². The maximum Gasteiger partial charge on any atom is 0.312 e. The van der Waals surface area contributed by atoms with Gasteiger partial charge in [0.15, 0.2) is 0 Å². The van der Waals surface area contributed by atoms with Crippen molar-refractivity contribution in [1.29, 1.82) is 0 Å². The van der Waals surface area contributed by atoms with Crippen LogP contribution in [0, 0.1) is 15.9 Å². The summed E-state index contributed by atoms with van der Waals surface area (Å²) < 4.78 is 50.3. The molecule has 1 saturated heterocycles. The molecule has 0 N–H and O–H groups in total. The number of nitro benzene ring substituents is 1. The topological polar surface area (TPSA) is 99.0 Å². The Morgan fingerprint density at radius 2 is 1.89 bits per heavy atom. The maximum absolute atomic E-state index is 13.2. The molecule has 0 aliphatic carbocycles. The van der Waals surface area contributed by atoms with Gasteiger partial charge in [0.1, 0.15) is 11.6 Å². The van der Waals surface area contributed by atoms with Crippen molar-refractivity contribution in [2.75, 3.05) is 26.3 Å². The molecule has 2 aromatic rings. The first kappa shape index (κ1) is 19.5. The van der Waals surface area contributed by atoms with Crippen molar-refractivity contribution in [1.82, 2.24) is 4.31 Å². The van der Waals surface area contributed by atoms with E-state index >= 15 is 0 Å². The summed E-state index contributed by atoms with van der Waals surface area (Å²) in [5, 5.41) is 11.2. The van der Waals surface area contributed by atoms with Gasteiger partial charge in [-0.15, -0.1) is 0 Å². The van der Waals surface area contributed by atoms with Crippen LogP contribution in [0.1, 0.15) is 0 Å². The molecule has 0 spiro atoms. The summed E-state index contributed by atoms with van der Waals surface area (Å²) in [7, 11) is -3.90. The first-order chi connectivity index (χ1) is 12.8. The molecule has 0 atom stereocenters. The van der Waals surface area contributed by atoms with Crippen LogP contribution in [0.3, 0.4) is 0 Å². The Bertz CT molecular complexity index is 979. The molecule has 0 aromatic heterocycles. The first-order valence-corrected chi connectivity index (χ1v) is 9.60. The van der Waals surface area contributed by atoms with Gasteiger partial charge in [-0.25, -0.2) is 12.8 Å². The average Bonchev–Trinajstić information content (AvgIpc) is 2.65. The fourth-order valence-electron chi connectivity index (χ4n) is 2.49. The van der Waals surface area contributed by atoms with Gasteiger partial charge in [-0.05, 0) is 24.3 Å². The van der Waals surface area contributed by atoms with Crippen LogP contribution in [0.2, 0.25) is 5.02 Å². The quantitative estimate of drug-likeness (QED) is 0.548. The highest BCUT2D eigenvalue weighted by Crippen LogP contribution is 2.35. The number of ether oxygens (including phenoxy) is 2. The molecule has 8 nitrogen and oxygen atoms in total. The van der Waals surface area contributed by atoms with Crippen molar-refractivity contribution in [2.24, 2.45) is 0 Å². The van der Waals surface area contributed by atoms with E-state index in [2.05, 4.69) is 0 Å². The molecule has 144 valence electrons. The fourth-order valence-corrected chi connectivity index (χ4v) is 4.09. The van der Waals surface area contributed by atoms with Gasteiger partial charge in [-0.2, -0.15) is 4.31 Å². The van der Waals surface area contributed by atoms with Crippen molar-refractivity contribution >= 4 is 27.3 Å². The minimum atomic E-state index is -3.90. The maximum atomic E-state index is 13.2. The molecule has 2 aromatic carbocycles. The highest BCUT2D eigenvalue weighted by molar-refractivity contribution is 7.89. The second-order valence-corrected chi connectivity index (χ2v) is 7.93. The molecular formula is C16H14ClFN2O6S. The molecule has 0 amide bonds. The van der Waals surface area contributed by atoms with E-state index in [0.29, 0.717) is 0 Å². The van der Waals surface area contributed by atoms with Crippen LogP contribution in [0.5, 0.6) is 11.5 Å². The van der Waals surface area contributed by atoms with Gasteiger partial charge in [0, 0.05) is 25.2 Å². The van der Waals surface area contributed by atoms with Gasteiger partial charge < -0.3 is 9.47 Å². The zero-order valence-electron chi connectivity index (χ0n) is 13.8. The molecule has 1 aliphatic rings. The van der Waals surface area contributed by atoms with E-state index in [-0.39, 0.29) is 47.7 Å². The summed E-state index contributed by atoms with van der Waals surface area (Å²) >= 11 is 5.67. The van der Waals surface area contributed by atoms with Crippen molar-refractivity contribution in [3.63, 3.8) is 0 Å². The monoisotopic (exact) mass is 416 g/mol. The smallest absolute Gasteiger partial charge is 0.312 e. The first-order valence-electron chi connectivity index (χ1n) is 7.78. The van der Waals surface area contributed by atoms with Gasteiger partial charge in [0.2, 0.25) is 15.8 Å². The Kier molecular flexibility index (Phi) is 5.61. The number of benzene rings is 2. The normalized spacial score (nSPS) is 15.5. The molecule has 27 heavy (non-hydrogen) atoms. The zero-order valence-corrected chi connectivity index (χ0v) is 15.4. The Balaban J connectivity index is 1.95. The average molecular weight is 417 g/mol. The van der Waals surface area contributed by atoms with Gasteiger partial charge in [0.05, 0.1) is 28.1 Å². The predicted molar refractivity (Wildman–Crippen MR) is 94.2 cm³/mol. The van der Waals surface area contributed by atoms with Gasteiger partial charge in [-0.1, -0.05) is 11.6 Å². The number of nitro groups is 1. The lowest BCUT2D eigenvalue weighted by molar-refractivity contribution is -0.385. The lowest BCUT2D eigenvalue weighted by atomic mass is 10.3. The Labute approximate surface area is 159 Å². The highest BCUT2D eigenvalue weighted by Gasteiger charge is 2.29. The third-order valence-corrected chi connectivity index (χ3v) is 6.04. The third-order valence-electron chi connectivity index (χ3n) is 3.85. The number of hydrogen-bond donors (Lipinski definition) is 0. The van der Waals surface area contributed by atoms with Crippen molar-refractivity contribution in [3.8, 4) is 11.5 Å². The van der Waals surface area contributed by atoms with Gasteiger partial charge in [-0.3, -0.25) is 10.1 Å². The summed E-state index contributed by atoms with van der Waals surface area (Å²) in [5.41, 5.74) is -0.537. The molecule has 1 fully saturated rings. The molecular weight excluding hydrogens is 403 g/mol. The van der Waals surface area contributed by atoms with E-state index in [4.69, 9.17) is 21.1 Å². The number of hydrogen-bond acceptors (Lipinski definition) is 6. The Morgan fingerprint density at radius 3 is 2.52 bits per heavy atom. The standard InChI is InChI=1S/C16H14ClFN2O6S/c17-13-9-11(1-3-14(13)18)26-16-4-2-12(10-15(16)20(21)22)27(23,24)19-5-7-25-8-6-19/h1-4,9-10H,5-8H2. The lowest BCUT2D eigenvalue weighted by Crippen LogP contribution is -2.40. The van der Waals surface area contributed by atoms with Crippen LogP contribution in [0.25, 0.3) is 0 Å². The summed E-state index contributed by atoms with van der Waals surface area (Å²) in [6.07, 6.45) is 0. The number of sulfonamides is 1. The zero-order chi connectivity index (χ0) is 19.6. The lowest BCUT2D eigenvalue weighted by Gasteiger charge is -2.26. The van der Waals surface area contributed by atoms with Crippen LogP contribution in [0.4, 0.5) is 10.1 Å². The van der Waals surface area contributed by atoms with Crippen LogP contribution in [-0.4, -0.2) is 43.9 Å². The Morgan fingerprint density at radius 1 is 1.19 bits per heavy atom.